The Labute approximate surface area is 88.4 Å². The Morgan fingerprint density at radius 3 is 2.40 bits per heavy atom. The van der Waals surface area contributed by atoms with Gasteiger partial charge in [0.05, 0.1) is 0 Å². The van der Waals surface area contributed by atoms with E-state index in [4.69, 9.17) is 0 Å². The molecule has 2 fully saturated rings. The first-order valence-corrected chi connectivity index (χ1v) is 5.20. The summed E-state index contributed by atoms with van der Waals surface area (Å²) in [5, 5.41) is 2.52. The minimum Gasteiger partial charge on any atom is -0.358 e. The molecule has 2 rings (SSSR count). The summed E-state index contributed by atoms with van der Waals surface area (Å²) in [6, 6.07) is 0. The fourth-order valence-corrected chi connectivity index (χ4v) is 3.30. The molecular formula is C11H15NO3. The van der Waals surface area contributed by atoms with Crippen LogP contribution in [0.3, 0.4) is 0 Å². The van der Waals surface area contributed by atoms with Crippen LogP contribution < -0.4 is 5.32 Å². The van der Waals surface area contributed by atoms with E-state index in [2.05, 4.69) is 5.32 Å². The van der Waals surface area contributed by atoms with Crippen molar-refractivity contribution in [1.82, 2.24) is 5.32 Å². The van der Waals surface area contributed by atoms with E-state index < -0.39 is 16.6 Å². The number of rotatable bonds is 1. The molecule has 2 atom stereocenters. The topological polar surface area (TPSA) is 63.2 Å². The normalized spacial score (nSPS) is 37.1. The summed E-state index contributed by atoms with van der Waals surface area (Å²) < 4.78 is 0. The number of carbonyl (C=O) groups excluding carboxylic acids is 3. The third kappa shape index (κ3) is 0.856. The molecule has 0 saturated heterocycles. The van der Waals surface area contributed by atoms with Gasteiger partial charge in [-0.1, -0.05) is 13.8 Å². The van der Waals surface area contributed by atoms with Gasteiger partial charge >= 0.3 is 0 Å². The molecule has 4 heteroatoms. The zero-order valence-electron chi connectivity index (χ0n) is 9.22. The lowest BCUT2D eigenvalue weighted by atomic mass is 9.68. The Balaban J connectivity index is 2.59. The molecule has 0 aromatic rings. The zero-order chi connectivity index (χ0) is 11.4. The monoisotopic (exact) mass is 209 g/mol. The summed E-state index contributed by atoms with van der Waals surface area (Å²) >= 11 is 0. The SMILES string of the molecule is CNC(=O)[C@]12CC[C@H](C(=O)C1=O)C2(C)C. The largest absolute Gasteiger partial charge is 0.358 e. The predicted octanol–water partition coefficient (Wildman–Crippen LogP) is 0.307. The summed E-state index contributed by atoms with van der Waals surface area (Å²) in [5.41, 5.74) is -1.62. The summed E-state index contributed by atoms with van der Waals surface area (Å²) in [6.07, 6.45) is 1.17. The molecule has 2 aliphatic rings. The minimum atomic E-state index is -1.09. The summed E-state index contributed by atoms with van der Waals surface area (Å²) in [6.45, 7) is 3.70. The molecule has 0 radical (unpaired) electrons. The lowest BCUT2D eigenvalue weighted by molar-refractivity contribution is -0.148. The number of nitrogens with one attached hydrogen (secondary N) is 1. The van der Waals surface area contributed by atoms with Gasteiger partial charge in [0.25, 0.3) is 0 Å². The molecule has 0 unspecified atom stereocenters. The molecule has 2 saturated carbocycles. The van der Waals surface area contributed by atoms with Crippen LogP contribution in [0.1, 0.15) is 26.7 Å². The van der Waals surface area contributed by atoms with Crippen molar-refractivity contribution in [3.8, 4) is 0 Å². The van der Waals surface area contributed by atoms with E-state index in [0.29, 0.717) is 12.8 Å². The first kappa shape index (κ1) is 10.3. The van der Waals surface area contributed by atoms with Crippen LogP contribution in [0.2, 0.25) is 0 Å². The minimum absolute atomic E-state index is 0.262. The molecule has 0 aromatic carbocycles. The molecule has 1 N–H and O–H groups in total. The van der Waals surface area contributed by atoms with Crippen molar-refractivity contribution in [2.24, 2.45) is 16.7 Å². The Hall–Kier alpha value is -1.19. The molecule has 0 spiro atoms. The second-order valence-corrected chi connectivity index (χ2v) is 4.99. The van der Waals surface area contributed by atoms with Crippen molar-refractivity contribution in [3.05, 3.63) is 0 Å². The van der Waals surface area contributed by atoms with Crippen molar-refractivity contribution in [2.75, 3.05) is 7.05 Å². The standard InChI is InChI=1S/C11H15NO3/c1-10(2)6-4-5-11(10,9(15)12-3)8(14)7(6)13/h6H,4-5H2,1-3H3,(H,12,15)/t6-,11+/m1/s1. The number of hydrogen-bond acceptors (Lipinski definition) is 3. The van der Waals surface area contributed by atoms with Crippen LogP contribution in [0.4, 0.5) is 0 Å². The summed E-state index contributed by atoms with van der Waals surface area (Å²) in [7, 11) is 1.51. The number of amides is 1. The smallest absolute Gasteiger partial charge is 0.234 e. The molecule has 1 amide bonds. The van der Waals surface area contributed by atoms with E-state index >= 15 is 0 Å². The third-order valence-electron chi connectivity index (χ3n) is 4.32. The molecule has 4 nitrogen and oxygen atoms in total. The second kappa shape index (κ2) is 2.68. The quantitative estimate of drug-likeness (QED) is 0.499. The highest BCUT2D eigenvalue weighted by atomic mass is 16.2. The average Bonchev–Trinajstić information content (AvgIpc) is 2.53. The number of Topliss-reactive ketones (excluding diaryl/α,β-unsaturated/α-hetero) is 2. The molecule has 0 aromatic heterocycles. The van der Waals surface area contributed by atoms with E-state index in [-0.39, 0.29) is 17.6 Å². The zero-order valence-corrected chi connectivity index (χ0v) is 9.22. The van der Waals surface area contributed by atoms with Gasteiger partial charge in [-0.25, -0.2) is 0 Å². The third-order valence-corrected chi connectivity index (χ3v) is 4.32. The fourth-order valence-electron chi connectivity index (χ4n) is 3.30. The summed E-state index contributed by atoms with van der Waals surface area (Å²) in [4.78, 5) is 35.5. The van der Waals surface area contributed by atoms with Crippen LogP contribution in [0.25, 0.3) is 0 Å². The van der Waals surface area contributed by atoms with Crippen molar-refractivity contribution in [2.45, 2.75) is 26.7 Å². The van der Waals surface area contributed by atoms with Gasteiger partial charge in [-0.2, -0.15) is 0 Å². The molecule has 2 aliphatic carbocycles. The van der Waals surface area contributed by atoms with Crippen molar-refractivity contribution in [3.63, 3.8) is 0 Å². The highest BCUT2D eigenvalue weighted by Crippen LogP contribution is 2.62. The van der Waals surface area contributed by atoms with E-state index in [0.717, 1.165) is 0 Å². The van der Waals surface area contributed by atoms with E-state index in [1.807, 2.05) is 13.8 Å². The highest BCUT2D eigenvalue weighted by molar-refractivity contribution is 6.47. The van der Waals surface area contributed by atoms with Crippen molar-refractivity contribution >= 4 is 17.5 Å². The van der Waals surface area contributed by atoms with Crippen LogP contribution in [-0.2, 0) is 14.4 Å². The van der Waals surface area contributed by atoms with E-state index in [9.17, 15) is 14.4 Å². The van der Waals surface area contributed by atoms with E-state index in [1.54, 1.807) is 0 Å². The Bertz CT molecular complexity index is 372. The van der Waals surface area contributed by atoms with Crippen LogP contribution >= 0.6 is 0 Å². The number of hydrogen-bond donors (Lipinski definition) is 1. The molecular weight excluding hydrogens is 194 g/mol. The lowest BCUT2D eigenvalue weighted by Crippen LogP contribution is -2.49. The molecule has 2 bridgehead atoms. The second-order valence-electron chi connectivity index (χ2n) is 4.99. The van der Waals surface area contributed by atoms with Crippen molar-refractivity contribution < 1.29 is 14.4 Å². The van der Waals surface area contributed by atoms with Gasteiger partial charge in [0.2, 0.25) is 17.5 Å². The number of carbonyl (C=O) groups is 3. The number of ketones is 2. The maximum Gasteiger partial charge on any atom is 0.234 e. The lowest BCUT2D eigenvalue weighted by Gasteiger charge is -2.33. The Morgan fingerprint density at radius 2 is 2.00 bits per heavy atom. The van der Waals surface area contributed by atoms with Gasteiger partial charge in [0.1, 0.15) is 5.41 Å². The van der Waals surface area contributed by atoms with Gasteiger partial charge in [0, 0.05) is 13.0 Å². The average molecular weight is 209 g/mol. The van der Waals surface area contributed by atoms with Crippen LogP contribution in [0, 0.1) is 16.7 Å². The maximum atomic E-state index is 11.9. The maximum absolute atomic E-state index is 11.9. The van der Waals surface area contributed by atoms with Gasteiger partial charge in [0.15, 0.2) is 0 Å². The predicted molar refractivity (Wildman–Crippen MR) is 53.0 cm³/mol. The summed E-state index contributed by atoms with van der Waals surface area (Å²) in [5.74, 6) is -1.40. The van der Waals surface area contributed by atoms with Crippen LogP contribution in [0.15, 0.2) is 0 Å². The van der Waals surface area contributed by atoms with Crippen molar-refractivity contribution in [1.29, 1.82) is 0 Å². The van der Waals surface area contributed by atoms with Gasteiger partial charge in [-0.15, -0.1) is 0 Å². The van der Waals surface area contributed by atoms with Crippen LogP contribution in [-0.4, -0.2) is 24.5 Å². The molecule has 0 heterocycles. The van der Waals surface area contributed by atoms with E-state index in [1.165, 1.54) is 7.05 Å². The van der Waals surface area contributed by atoms with Gasteiger partial charge in [-0.05, 0) is 18.3 Å². The van der Waals surface area contributed by atoms with Gasteiger partial charge < -0.3 is 5.32 Å². The van der Waals surface area contributed by atoms with Gasteiger partial charge in [-0.3, -0.25) is 14.4 Å². The number of fused-ring (bicyclic) bond motifs is 2. The molecule has 82 valence electrons. The Morgan fingerprint density at radius 1 is 1.40 bits per heavy atom. The fraction of sp³-hybridized carbons (Fsp3) is 0.727. The highest BCUT2D eigenvalue weighted by Gasteiger charge is 2.72. The first-order chi connectivity index (χ1) is 6.89. The van der Waals surface area contributed by atoms with Crippen LogP contribution in [0.5, 0.6) is 0 Å². The molecule has 15 heavy (non-hydrogen) atoms. The molecule has 0 aliphatic heterocycles. The Kier molecular flexibility index (Phi) is 1.85. The first-order valence-electron chi connectivity index (χ1n) is 5.20.